The molecule has 0 unspecified atom stereocenters. The summed E-state index contributed by atoms with van der Waals surface area (Å²) in [6.45, 7) is 0. The minimum absolute atomic E-state index is 0.293. The van der Waals surface area contributed by atoms with Crippen LogP contribution in [0.4, 0.5) is 4.39 Å². The molecule has 0 amide bonds. The Morgan fingerprint density at radius 1 is 1.04 bits per heavy atom. The lowest BCUT2D eigenvalue weighted by molar-refractivity contribution is 0.617. The first-order valence-electron chi connectivity index (χ1n) is 7.57. The molecule has 0 N–H and O–H groups in total. The lowest BCUT2D eigenvalue weighted by Gasteiger charge is -2.07. The number of fused-ring (bicyclic) bond motifs is 1. The van der Waals surface area contributed by atoms with Crippen LogP contribution in [0.5, 0.6) is 0 Å². The molecule has 0 spiro atoms. The molecule has 0 aliphatic rings. The van der Waals surface area contributed by atoms with E-state index in [-0.39, 0.29) is 5.82 Å². The van der Waals surface area contributed by atoms with Gasteiger partial charge in [0.25, 0.3) is 0 Å². The molecule has 2 nitrogen and oxygen atoms in total. The maximum absolute atomic E-state index is 14.0. The number of thioether (sulfide) groups is 1. The van der Waals surface area contributed by atoms with E-state index in [2.05, 4.69) is 27.5 Å². The van der Waals surface area contributed by atoms with Gasteiger partial charge in [0, 0.05) is 27.3 Å². The summed E-state index contributed by atoms with van der Waals surface area (Å²) in [5.74, 6) is 0.126. The molecule has 0 radical (unpaired) electrons. The zero-order chi connectivity index (χ0) is 17.2. The standard InChI is InChI=1S/C19H12ClFN2S2/c20-15-7-4-8-16(21)14(15)10-25-19-17-13(12-5-2-1-3-6-12)9-24-18(17)22-11-23-19/h1-9,11H,10H2. The Balaban J connectivity index is 1.74. The van der Waals surface area contributed by atoms with E-state index in [0.717, 1.165) is 26.4 Å². The Kier molecular flexibility index (Phi) is 4.70. The van der Waals surface area contributed by atoms with Crippen molar-refractivity contribution in [2.75, 3.05) is 0 Å². The Bertz CT molecular complexity index is 1010. The van der Waals surface area contributed by atoms with Crippen LogP contribution in [0.1, 0.15) is 5.56 Å². The molecule has 25 heavy (non-hydrogen) atoms. The maximum atomic E-state index is 14.0. The fourth-order valence-electron chi connectivity index (χ4n) is 2.60. The van der Waals surface area contributed by atoms with Gasteiger partial charge in [0.1, 0.15) is 22.0 Å². The molecule has 6 heteroatoms. The van der Waals surface area contributed by atoms with Crippen LogP contribution in [0.15, 0.2) is 65.3 Å². The monoisotopic (exact) mass is 386 g/mol. The van der Waals surface area contributed by atoms with Crippen LogP contribution < -0.4 is 0 Å². The summed E-state index contributed by atoms with van der Waals surface area (Å²) >= 11 is 9.20. The second-order valence-corrected chi connectivity index (χ2v) is 7.59. The molecule has 0 atom stereocenters. The molecule has 2 heterocycles. The normalized spacial score (nSPS) is 11.1. The second-order valence-electron chi connectivity index (χ2n) is 5.36. The first-order valence-corrected chi connectivity index (χ1v) is 9.81. The van der Waals surface area contributed by atoms with Crippen molar-refractivity contribution in [2.45, 2.75) is 10.8 Å². The van der Waals surface area contributed by atoms with Crippen LogP contribution in [0.3, 0.4) is 0 Å². The minimum Gasteiger partial charge on any atom is -0.229 e. The van der Waals surface area contributed by atoms with E-state index in [1.54, 1.807) is 29.8 Å². The number of hydrogen-bond donors (Lipinski definition) is 0. The Labute approximate surface area is 157 Å². The summed E-state index contributed by atoms with van der Waals surface area (Å²) in [4.78, 5) is 9.73. The molecule has 0 fully saturated rings. The van der Waals surface area contributed by atoms with Crippen LogP contribution in [-0.2, 0) is 5.75 Å². The van der Waals surface area contributed by atoms with Gasteiger partial charge in [-0.25, -0.2) is 14.4 Å². The third kappa shape index (κ3) is 3.27. The average Bonchev–Trinajstić information content (AvgIpc) is 3.07. The van der Waals surface area contributed by atoms with Gasteiger partial charge in [0.05, 0.1) is 5.39 Å². The van der Waals surface area contributed by atoms with E-state index in [0.29, 0.717) is 16.3 Å². The van der Waals surface area contributed by atoms with Crippen molar-refractivity contribution in [1.29, 1.82) is 0 Å². The smallest absolute Gasteiger partial charge is 0.128 e. The summed E-state index contributed by atoms with van der Waals surface area (Å²) in [7, 11) is 0. The quantitative estimate of drug-likeness (QED) is 0.298. The fourth-order valence-corrected chi connectivity index (χ4v) is 4.93. The van der Waals surface area contributed by atoms with Gasteiger partial charge in [-0.2, -0.15) is 0 Å². The van der Waals surface area contributed by atoms with Crippen molar-refractivity contribution in [3.05, 3.63) is 76.6 Å². The summed E-state index contributed by atoms with van der Waals surface area (Å²) in [6.07, 6.45) is 1.55. The van der Waals surface area contributed by atoms with E-state index in [1.165, 1.54) is 17.8 Å². The van der Waals surface area contributed by atoms with Gasteiger partial charge in [-0.05, 0) is 17.7 Å². The van der Waals surface area contributed by atoms with Gasteiger partial charge in [0.2, 0.25) is 0 Å². The molecular formula is C19H12ClFN2S2. The third-order valence-electron chi connectivity index (χ3n) is 3.84. The Hall–Kier alpha value is -1.95. The van der Waals surface area contributed by atoms with Gasteiger partial charge >= 0.3 is 0 Å². The Morgan fingerprint density at radius 2 is 1.88 bits per heavy atom. The summed E-state index contributed by atoms with van der Waals surface area (Å²) in [6, 6.07) is 14.9. The molecule has 2 aromatic carbocycles. The third-order valence-corrected chi connectivity index (χ3v) is 6.09. The van der Waals surface area contributed by atoms with E-state index in [9.17, 15) is 4.39 Å². The van der Waals surface area contributed by atoms with E-state index in [4.69, 9.17) is 11.6 Å². The molecule has 2 aromatic heterocycles. The predicted molar refractivity (Wildman–Crippen MR) is 104 cm³/mol. The maximum Gasteiger partial charge on any atom is 0.128 e. The molecule has 4 rings (SSSR count). The Morgan fingerprint density at radius 3 is 2.68 bits per heavy atom. The highest BCUT2D eigenvalue weighted by Crippen LogP contribution is 2.39. The number of nitrogens with zero attached hydrogens (tertiary/aromatic N) is 2. The molecule has 0 aliphatic heterocycles. The molecular weight excluding hydrogens is 375 g/mol. The molecule has 0 aliphatic carbocycles. The lowest BCUT2D eigenvalue weighted by atomic mass is 10.1. The van der Waals surface area contributed by atoms with Crippen molar-refractivity contribution in [3.63, 3.8) is 0 Å². The van der Waals surface area contributed by atoms with E-state index in [1.807, 2.05) is 18.2 Å². The SMILES string of the molecule is Fc1cccc(Cl)c1CSc1ncnc2scc(-c3ccccc3)c12. The van der Waals surface area contributed by atoms with Crippen molar-refractivity contribution >= 4 is 44.9 Å². The molecule has 4 aromatic rings. The van der Waals surface area contributed by atoms with Gasteiger partial charge in [-0.1, -0.05) is 48.0 Å². The number of rotatable bonds is 4. The van der Waals surface area contributed by atoms with Gasteiger partial charge in [-0.15, -0.1) is 23.1 Å². The topological polar surface area (TPSA) is 25.8 Å². The number of hydrogen-bond acceptors (Lipinski definition) is 4. The largest absolute Gasteiger partial charge is 0.229 e. The fraction of sp³-hybridized carbons (Fsp3) is 0.0526. The van der Waals surface area contributed by atoms with Crippen LogP contribution in [0, 0.1) is 5.82 Å². The van der Waals surface area contributed by atoms with Crippen LogP contribution in [0.2, 0.25) is 5.02 Å². The highest BCUT2D eigenvalue weighted by Gasteiger charge is 2.15. The summed E-state index contributed by atoms with van der Waals surface area (Å²) in [5, 5.41) is 4.38. The molecule has 124 valence electrons. The van der Waals surface area contributed by atoms with Crippen molar-refractivity contribution < 1.29 is 4.39 Å². The van der Waals surface area contributed by atoms with Crippen LogP contribution in [-0.4, -0.2) is 9.97 Å². The second kappa shape index (κ2) is 7.12. The lowest BCUT2D eigenvalue weighted by Crippen LogP contribution is -1.91. The minimum atomic E-state index is -0.293. The van der Waals surface area contributed by atoms with Crippen molar-refractivity contribution in [2.24, 2.45) is 0 Å². The van der Waals surface area contributed by atoms with E-state index < -0.39 is 0 Å². The zero-order valence-electron chi connectivity index (χ0n) is 12.9. The predicted octanol–water partition coefficient (Wildman–Crippen LogP) is 6.44. The van der Waals surface area contributed by atoms with Crippen molar-refractivity contribution in [1.82, 2.24) is 9.97 Å². The van der Waals surface area contributed by atoms with E-state index >= 15 is 0 Å². The highest BCUT2D eigenvalue weighted by atomic mass is 35.5. The van der Waals surface area contributed by atoms with Gasteiger partial charge in [0.15, 0.2) is 0 Å². The van der Waals surface area contributed by atoms with Crippen LogP contribution >= 0.6 is 34.7 Å². The molecule has 0 saturated heterocycles. The zero-order valence-corrected chi connectivity index (χ0v) is 15.3. The summed E-state index contributed by atoms with van der Waals surface area (Å²) in [5.41, 5.74) is 2.72. The van der Waals surface area contributed by atoms with Crippen LogP contribution in [0.25, 0.3) is 21.3 Å². The van der Waals surface area contributed by atoms with Gasteiger partial charge in [-0.3, -0.25) is 0 Å². The first kappa shape index (κ1) is 16.5. The number of aromatic nitrogens is 2. The summed E-state index contributed by atoms with van der Waals surface area (Å²) < 4.78 is 14.0. The first-order chi connectivity index (χ1) is 12.2. The van der Waals surface area contributed by atoms with Gasteiger partial charge < -0.3 is 0 Å². The number of halogens is 2. The highest BCUT2D eigenvalue weighted by molar-refractivity contribution is 7.98. The van der Waals surface area contributed by atoms with Crippen molar-refractivity contribution in [3.8, 4) is 11.1 Å². The molecule has 0 saturated carbocycles. The molecule has 0 bridgehead atoms. The number of benzene rings is 2. The average molecular weight is 387 g/mol. The number of thiophene rings is 1.